The molecular formula is C9H16F4O. The highest BCUT2D eigenvalue weighted by Gasteiger charge is 2.53. The van der Waals surface area contributed by atoms with Gasteiger partial charge in [0.1, 0.15) is 0 Å². The van der Waals surface area contributed by atoms with Gasteiger partial charge in [-0.25, -0.2) is 13.2 Å². The van der Waals surface area contributed by atoms with Gasteiger partial charge in [0.25, 0.3) is 5.85 Å². The Labute approximate surface area is 81.1 Å². The highest BCUT2D eigenvalue weighted by molar-refractivity contribution is 4.85. The Bertz CT molecular complexity index is 170. The SMILES string of the molecule is CCCC(F)(F)C(O)(F)CC(C)CF. The van der Waals surface area contributed by atoms with E-state index in [1.54, 1.807) is 0 Å². The van der Waals surface area contributed by atoms with Gasteiger partial charge in [-0.2, -0.15) is 0 Å². The Morgan fingerprint density at radius 1 is 1.29 bits per heavy atom. The standard InChI is InChI=1S/C9H16F4O/c1-3-4-8(11,12)9(13,14)5-7(2)6-10/h7,14H,3-6H2,1-2H3. The molecule has 0 heterocycles. The third-order valence-electron chi connectivity index (χ3n) is 2.01. The molecule has 0 aromatic heterocycles. The predicted molar refractivity (Wildman–Crippen MR) is 45.7 cm³/mol. The van der Waals surface area contributed by atoms with Gasteiger partial charge in [-0.15, -0.1) is 0 Å². The van der Waals surface area contributed by atoms with Crippen molar-refractivity contribution in [1.82, 2.24) is 0 Å². The van der Waals surface area contributed by atoms with Gasteiger partial charge in [0, 0.05) is 12.8 Å². The molecule has 0 radical (unpaired) electrons. The average molecular weight is 216 g/mol. The smallest absolute Gasteiger partial charge is 0.305 e. The Hall–Kier alpha value is -0.320. The summed E-state index contributed by atoms with van der Waals surface area (Å²) in [6, 6.07) is 0. The first-order chi connectivity index (χ1) is 6.27. The van der Waals surface area contributed by atoms with Crippen LogP contribution < -0.4 is 0 Å². The Morgan fingerprint density at radius 2 is 1.79 bits per heavy atom. The molecule has 0 aliphatic carbocycles. The van der Waals surface area contributed by atoms with E-state index in [-0.39, 0.29) is 6.42 Å². The Kier molecular flexibility index (Phi) is 4.84. The second-order valence-corrected chi connectivity index (χ2v) is 3.68. The van der Waals surface area contributed by atoms with E-state index in [0.717, 1.165) is 0 Å². The van der Waals surface area contributed by atoms with Crippen LogP contribution in [0.4, 0.5) is 17.6 Å². The summed E-state index contributed by atoms with van der Waals surface area (Å²) in [5.74, 6) is -8.31. The van der Waals surface area contributed by atoms with Crippen molar-refractivity contribution in [1.29, 1.82) is 0 Å². The zero-order valence-corrected chi connectivity index (χ0v) is 8.36. The molecule has 0 spiro atoms. The summed E-state index contributed by atoms with van der Waals surface area (Å²) >= 11 is 0. The molecule has 0 aromatic rings. The van der Waals surface area contributed by atoms with E-state index >= 15 is 0 Å². The van der Waals surface area contributed by atoms with Crippen LogP contribution in [0.1, 0.15) is 33.1 Å². The summed E-state index contributed by atoms with van der Waals surface area (Å²) in [7, 11) is 0. The van der Waals surface area contributed by atoms with Crippen molar-refractivity contribution < 1.29 is 22.7 Å². The van der Waals surface area contributed by atoms with Crippen LogP contribution in [-0.4, -0.2) is 23.6 Å². The highest BCUT2D eigenvalue weighted by Crippen LogP contribution is 2.38. The minimum atomic E-state index is -3.80. The lowest BCUT2D eigenvalue weighted by molar-refractivity contribution is -0.263. The summed E-state index contributed by atoms with van der Waals surface area (Å²) in [6.45, 7) is 1.81. The fourth-order valence-corrected chi connectivity index (χ4v) is 1.17. The summed E-state index contributed by atoms with van der Waals surface area (Å²) in [5.41, 5.74) is 0. The largest absolute Gasteiger partial charge is 0.357 e. The number of hydrogen-bond acceptors (Lipinski definition) is 1. The third kappa shape index (κ3) is 3.44. The maximum absolute atomic E-state index is 13.1. The molecule has 0 saturated carbocycles. The number of alkyl halides is 4. The zero-order chi connectivity index (χ0) is 11.4. The molecule has 5 heteroatoms. The predicted octanol–water partition coefficient (Wildman–Crippen LogP) is 3.08. The van der Waals surface area contributed by atoms with Crippen LogP contribution in [0.5, 0.6) is 0 Å². The number of halogens is 4. The van der Waals surface area contributed by atoms with E-state index in [9.17, 15) is 17.6 Å². The quantitative estimate of drug-likeness (QED) is 0.676. The average Bonchev–Trinajstić information content (AvgIpc) is 2.03. The first kappa shape index (κ1) is 13.7. The molecule has 1 nitrogen and oxygen atoms in total. The van der Waals surface area contributed by atoms with E-state index in [4.69, 9.17) is 5.11 Å². The zero-order valence-electron chi connectivity index (χ0n) is 8.36. The van der Waals surface area contributed by atoms with Crippen molar-refractivity contribution in [3.05, 3.63) is 0 Å². The van der Waals surface area contributed by atoms with Crippen LogP contribution in [0, 0.1) is 5.92 Å². The third-order valence-corrected chi connectivity index (χ3v) is 2.01. The Morgan fingerprint density at radius 3 is 2.14 bits per heavy atom. The molecule has 0 rings (SSSR count). The van der Waals surface area contributed by atoms with E-state index in [1.807, 2.05) is 0 Å². The molecule has 0 aliphatic rings. The number of aliphatic hydroxyl groups is 1. The molecule has 0 saturated heterocycles. The molecule has 1 N–H and O–H groups in total. The molecule has 14 heavy (non-hydrogen) atoms. The highest BCUT2D eigenvalue weighted by atomic mass is 19.3. The van der Waals surface area contributed by atoms with Gasteiger partial charge < -0.3 is 5.11 Å². The molecule has 0 aromatic carbocycles. The summed E-state index contributed by atoms with van der Waals surface area (Å²) < 4.78 is 51.0. The van der Waals surface area contributed by atoms with Crippen LogP contribution in [0.15, 0.2) is 0 Å². The second kappa shape index (κ2) is 4.96. The first-order valence-corrected chi connectivity index (χ1v) is 4.62. The molecule has 2 atom stereocenters. The lowest BCUT2D eigenvalue weighted by atomic mass is 9.95. The van der Waals surface area contributed by atoms with Crippen LogP contribution in [0.2, 0.25) is 0 Å². The lowest BCUT2D eigenvalue weighted by Gasteiger charge is -2.29. The molecule has 0 bridgehead atoms. The molecule has 0 amide bonds. The second-order valence-electron chi connectivity index (χ2n) is 3.68. The van der Waals surface area contributed by atoms with Gasteiger partial charge in [-0.1, -0.05) is 20.3 Å². The van der Waals surface area contributed by atoms with Crippen molar-refractivity contribution in [2.75, 3.05) is 6.67 Å². The van der Waals surface area contributed by atoms with Crippen molar-refractivity contribution in [3.63, 3.8) is 0 Å². The molecule has 86 valence electrons. The summed E-state index contributed by atoms with van der Waals surface area (Å²) in [5, 5.41) is 8.89. The van der Waals surface area contributed by atoms with E-state index in [0.29, 0.717) is 0 Å². The number of hydrogen-bond donors (Lipinski definition) is 1. The molecular weight excluding hydrogens is 200 g/mol. The van der Waals surface area contributed by atoms with E-state index in [1.165, 1.54) is 13.8 Å². The topological polar surface area (TPSA) is 20.2 Å². The van der Waals surface area contributed by atoms with Gasteiger partial charge >= 0.3 is 5.92 Å². The normalized spacial score (nSPS) is 19.1. The Balaban J connectivity index is 4.42. The van der Waals surface area contributed by atoms with E-state index in [2.05, 4.69) is 0 Å². The van der Waals surface area contributed by atoms with Crippen LogP contribution in [0.25, 0.3) is 0 Å². The number of rotatable bonds is 6. The maximum atomic E-state index is 13.1. The fourth-order valence-electron chi connectivity index (χ4n) is 1.17. The van der Waals surface area contributed by atoms with Crippen molar-refractivity contribution in [2.45, 2.75) is 44.9 Å². The minimum Gasteiger partial charge on any atom is -0.357 e. The van der Waals surface area contributed by atoms with Gasteiger partial charge in [0.05, 0.1) is 6.67 Å². The van der Waals surface area contributed by atoms with Crippen LogP contribution >= 0.6 is 0 Å². The van der Waals surface area contributed by atoms with Gasteiger partial charge in [0.15, 0.2) is 0 Å². The van der Waals surface area contributed by atoms with Crippen LogP contribution in [0.3, 0.4) is 0 Å². The van der Waals surface area contributed by atoms with Gasteiger partial charge in [-0.05, 0) is 5.92 Å². The fraction of sp³-hybridized carbons (Fsp3) is 1.00. The van der Waals surface area contributed by atoms with E-state index < -0.39 is 37.2 Å². The maximum Gasteiger partial charge on any atom is 0.305 e. The summed E-state index contributed by atoms with van der Waals surface area (Å²) in [4.78, 5) is 0. The minimum absolute atomic E-state index is 0.0588. The van der Waals surface area contributed by atoms with Crippen molar-refractivity contribution in [3.8, 4) is 0 Å². The van der Waals surface area contributed by atoms with Crippen molar-refractivity contribution in [2.24, 2.45) is 5.92 Å². The monoisotopic (exact) mass is 216 g/mol. The molecule has 0 aliphatic heterocycles. The summed E-state index contributed by atoms with van der Waals surface area (Å²) in [6.07, 6.45) is -1.56. The van der Waals surface area contributed by atoms with Gasteiger partial charge in [-0.3, -0.25) is 4.39 Å². The van der Waals surface area contributed by atoms with Crippen molar-refractivity contribution >= 4 is 0 Å². The van der Waals surface area contributed by atoms with Crippen LogP contribution in [-0.2, 0) is 0 Å². The molecule has 0 fully saturated rings. The molecule has 2 unspecified atom stereocenters. The lowest BCUT2D eigenvalue weighted by Crippen LogP contribution is -2.45. The van der Waals surface area contributed by atoms with Gasteiger partial charge in [0.2, 0.25) is 0 Å². The first-order valence-electron chi connectivity index (χ1n) is 4.62.